The first kappa shape index (κ1) is 9.05. The molecular formula is C12H16. The van der Waals surface area contributed by atoms with E-state index in [9.17, 15) is 0 Å². The van der Waals surface area contributed by atoms with Crippen LogP contribution in [0, 0.1) is 5.92 Å². The second-order valence-electron chi connectivity index (χ2n) is 3.49. The van der Waals surface area contributed by atoms with E-state index in [0.29, 0.717) is 5.92 Å². The van der Waals surface area contributed by atoms with Gasteiger partial charge in [0.2, 0.25) is 0 Å². The van der Waals surface area contributed by atoms with E-state index in [4.69, 9.17) is 0 Å². The van der Waals surface area contributed by atoms with E-state index in [1.54, 1.807) is 0 Å². The normalized spacial score (nSPS) is 13.3. The highest BCUT2D eigenvalue weighted by Crippen LogP contribution is 2.05. The van der Waals surface area contributed by atoms with Crippen LogP contribution in [0.15, 0.2) is 24.3 Å². The lowest BCUT2D eigenvalue weighted by molar-refractivity contribution is 0.840. The molecule has 0 atom stereocenters. The van der Waals surface area contributed by atoms with Crippen LogP contribution < -0.4 is 10.4 Å². The predicted molar refractivity (Wildman–Crippen MR) is 55.1 cm³/mol. The van der Waals surface area contributed by atoms with Gasteiger partial charge in [0.05, 0.1) is 0 Å². The number of hydrogen-bond donors (Lipinski definition) is 0. The summed E-state index contributed by atoms with van der Waals surface area (Å²) in [5, 5.41) is 2.43. The molecule has 64 valence electrons. The van der Waals surface area contributed by atoms with Gasteiger partial charge in [0.25, 0.3) is 0 Å². The van der Waals surface area contributed by atoms with Gasteiger partial charge in [-0.05, 0) is 23.3 Å². The number of hydrogen-bond acceptors (Lipinski definition) is 0. The van der Waals surface area contributed by atoms with Crippen molar-refractivity contribution in [3.63, 3.8) is 0 Å². The van der Waals surface area contributed by atoms with E-state index in [2.05, 4.69) is 45.5 Å². The van der Waals surface area contributed by atoms with Crippen molar-refractivity contribution in [3.8, 4) is 0 Å². The Hall–Kier alpha value is -1.04. The Labute approximate surface area is 74.2 Å². The quantitative estimate of drug-likeness (QED) is 0.589. The second kappa shape index (κ2) is 3.57. The van der Waals surface area contributed by atoms with E-state index >= 15 is 0 Å². The molecular weight excluding hydrogens is 144 g/mol. The second-order valence-corrected chi connectivity index (χ2v) is 3.49. The van der Waals surface area contributed by atoms with Crippen LogP contribution in [-0.4, -0.2) is 0 Å². The molecule has 0 heteroatoms. The first-order valence-electron chi connectivity index (χ1n) is 4.37. The van der Waals surface area contributed by atoms with Gasteiger partial charge >= 0.3 is 0 Å². The molecule has 0 aliphatic carbocycles. The maximum absolute atomic E-state index is 4.00. The lowest BCUT2D eigenvalue weighted by Crippen LogP contribution is -2.25. The third kappa shape index (κ3) is 1.76. The molecule has 0 spiro atoms. The first-order chi connectivity index (χ1) is 5.63. The molecule has 0 N–H and O–H groups in total. The first-order valence-corrected chi connectivity index (χ1v) is 4.37. The molecule has 0 saturated heterocycles. The fourth-order valence-corrected chi connectivity index (χ4v) is 1.22. The third-order valence-corrected chi connectivity index (χ3v) is 2.31. The molecule has 1 aromatic rings. The molecule has 0 unspecified atom stereocenters. The van der Waals surface area contributed by atoms with Gasteiger partial charge in [0, 0.05) is 0 Å². The van der Waals surface area contributed by atoms with Crippen LogP contribution in [0.5, 0.6) is 0 Å². The topological polar surface area (TPSA) is 0 Å². The lowest BCUT2D eigenvalue weighted by Gasteiger charge is -2.04. The summed E-state index contributed by atoms with van der Waals surface area (Å²) in [7, 11) is 0. The molecule has 0 amide bonds. The van der Waals surface area contributed by atoms with Gasteiger partial charge in [-0.25, -0.2) is 0 Å². The maximum atomic E-state index is 4.00. The van der Waals surface area contributed by atoms with Crippen molar-refractivity contribution in [2.45, 2.75) is 20.8 Å². The van der Waals surface area contributed by atoms with Crippen LogP contribution in [0.25, 0.3) is 12.2 Å². The Morgan fingerprint density at radius 2 is 1.83 bits per heavy atom. The predicted octanol–water partition coefficient (Wildman–Crippen LogP) is 1.92. The molecule has 0 bridgehead atoms. The van der Waals surface area contributed by atoms with Crippen molar-refractivity contribution < 1.29 is 0 Å². The minimum atomic E-state index is 0.605. The monoisotopic (exact) mass is 160 g/mol. The summed E-state index contributed by atoms with van der Waals surface area (Å²) in [5.74, 6) is 0.605. The molecule has 12 heavy (non-hydrogen) atoms. The standard InChI is InChI=1S/C12H16/c1-9(2)11(4)12-8-6-5-7-10(12)3/h5-9H,3H2,1-2,4H3/b12-11-. The van der Waals surface area contributed by atoms with Crippen LogP contribution in [-0.2, 0) is 0 Å². The summed E-state index contributed by atoms with van der Waals surface area (Å²) in [6, 6.07) is 8.29. The molecule has 0 aliphatic rings. The van der Waals surface area contributed by atoms with Gasteiger partial charge in [-0.1, -0.05) is 50.3 Å². The molecule has 0 nitrogen and oxygen atoms in total. The molecule has 0 saturated carbocycles. The Kier molecular flexibility index (Phi) is 2.69. The molecule has 0 fully saturated rings. The Bertz CT molecular complexity index is 358. The van der Waals surface area contributed by atoms with E-state index in [1.165, 1.54) is 10.8 Å². The van der Waals surface area contributed by atoms with Crippen LogP contribution in [0.2, 0.25) is 0 Å². The molecule has 0 heterocycles. The fraction of sp³-hybridized carbons (Fsp3) is 0.333. The summed E-state index contributed by atoms with van der Waals surface area (Å²) >= 11 is 0. The van der Waals surface area contributed by atoms with Crippen LogP contribution in [0.3, 0.4) is 0 Å². The van der Waals surface area contributed by atoms with E-state index in [0.717, 1.165) is 5.22 Å². The summed E-state index contributed by atoms with van der Waals surface area (Å²) in [5.41, 5.74) is 1.42. The average molecular weight is 160 g/mol. The average Bonchev–Trinajstić information content (AvgIpc) is 2.04. The lowest BCUT2D eigenvalue weighted by atomic mass is 10.0. The zero-order chi connectivity index (χ0) is 9.14. The number of rotatable bonds is 1. The van der Waals surface area contributed by atoms with Crippen molar-refractivity contribution in [3.05, 3.63) is 34.7 Å². The summed E-state index contributed by atoms with van der Waals surface area (Å²) < 4.78 is 0. The van der Waals surface area contributed by atoms with Crippen molar-refractivity contribution in [1.82, 2.24) is 0 Å². The molecule has 1 aromatic carbocycles. The minimum Gasteiger partial charge on any atom is -0.0912 e. The summed E-state index contributed by atoms with van der Waals surface area (Å²) in [4.78, 5) is 0. The zero-order valence-electron chi connectivity index (χ0n) is 8.09. The van der Waals surface area contributed by atoms with Crippen LogP contribution in [0.1, 0.15) is 20.8 Å². The molecule has 1 rings (SSSR count). The van der Waals surface area contributed by atoms with Gasteiger partial charge < -0.3 is 0 Å². The number of benzene rings is 1. The van der Waals surface area contributed by atoms with Gasteiger partial charge in [-0.15, -0.1) is 0 Å². The van der Waals surface area contributed by atoms with Crippen molar-refractivity contribution in [2.24, 2.45) is 5.92 Å². The van der Waals surface area contributed by atoms with E-state index < -0.39 is 0 Å². The van der Waals surface area contributed by atoms with Crippen molar-refractivity contribution in [1.29, 1.82) is 0 Å². The maximum Gasteiger partial charge on any atom is -0.0198 e. The smallest absolute Gasteiger partial charge is 0.0198 e. The largest absolute Gasteiger partial charge is 0.0912 e. The van der Waals surface area contributed by atoms with Gasteiger partial charge in [-0.3, -0.25) is 0 Å². The fourth-order valence-electron chi connectivity index (χ4n) is 1.22. The highest BCUT2D eigenvalue weighted by atomic mass is 14.0. The third-order valence-electron chi connectivity index (χ3n) is 2.31. The SMILES string of the molecule is C=c1cccc/c1=C(\C)C(C)C. The van der Waals surface area contributed by atoms with Crippen LogP contribution in [0.4, 0.5) is 0 Å². The van der Waals surface area contributed by atoms with Gasteiger partial charge in [0.1, 0.15) is 0 Å². The van der Waals surface area contributed by atoms with Crippen molar-refractivity contribution >= 4 is 12.2 Å². The van der Waals surface area contributed by atoms with Crippen molar-refractivity contribution in [2.75, 3.05) is 0 Å². The Morgan fingerprint density at radius 1 is 1.25 bits per heavy atom. The van der Waals surface area contributed by atoms with Crippen LogP contribution >= 0.6 is 0 Å². The Balaban J connectivity index is 3.45. The van der Waals surface area contributed by atoms with E-state index in [-0.39, 0.29) is 0 Å². The molecule has 0 aliphatic heterocycles. The molecule has 0 aromatic heterocycles. The molecule has 0 radical (unpaired) electrons. The Morgan fingerprint density at radius 3 is 2.33 bits per heavy atom. The van der Waals surface area contributed by atoms with E-state index in [1.807, 2.05) is 6.07 Å². The minimum absolute atomic E-state index is 0.605. The summed E-state index contributed by atoms with van der Waals surface area (Å²) in [6.45, 7) is 10.6. The highest BCUT2D eigenvalue weighted by Gasteiger charge is 1.96. The zero-order valence-corrected chi connectivity index (χ0v) is 8.09. The van der Waals surface area contributed by atoms with Gasteiger partial charge in [-0.2, -0.15) is 0 Å². The van der Waals surface area contributed by atoms with Gasteiger partial charge in [0.15, 0.2) is 0 Å². The highest BCUT2D eigenvalue weighted by molar-refractivity contribution is 5.44. The summed E-state index contributed by atoms with van der Waals surface area (Å²) in [6.07, 6.45) is 0.